The molecule has 0 atom stereocenters. The van der Waals surface area contributed by atoms with Crippen LogP contribution in [0.4, 0.5) is 5.82 Å². The van der Waals surface area contributed by atoms with E-state index in [0.29, 0.717) is 22.5 Å². The Hall–Kier alpha value is -2.84. The molecule has 102 valence electrons. The molecule has 3 aromatic rings. The number of nitrogens with one attached hydrogen (secondary N) is 1. The number of rotatable bonds is 3. The van der Waals surface area contributed by atoms with E-state index in [4.69, 9.17) is 0 Å². The van der Waals surface area contributed by atoms with E-state index in [-0.39, 0.29) is 12.1 Å². The molecule has 1 N–H and O–H groups in total. The summed E-state index contributed by atoms with van der Waals surface area (Å²) < 4.78 is 2.75. The van der Waals surface area contributed by atoms with Crippen molar-refractivity contribution >= 4 is 16.9 Å². The molecule has 3 heterocycles. The third-order valence-electron chi connectivity index (χ3n) is 2.89. The fourth-order valence-corrected chi connectivity index (χ4v) is 1.80. The highest BCUT2D eigenvalue weighted by Crippen LogP contribution is 2.03. The summed E-state index contributed by atoms with van der Waals surface area (Å²) in [5.41, 5.74) is 0.842. The first kappa shape index (κ1) is 12.2. The quantitative estimate of drug-likeness (QED) is 0.679. The normalized spacial score (nSPS) is 10.9. The van der Waals surface area contributed by atoms with Crippen molar-refractivity contribution in [3.8, 4) is 0 Å². The van der Waals surface area contributed by atoms with Gasteiger partial charge in [-0.1, -0.05) is 5.21 Å². The maximum Gasteiger partial charge on any atom is 0.281 e. The SMILES string of the molecule is CNc1cnc(Cn2nnc3c(cnn3C)c2=O)cn1. The molecule has 0 radical (unpaired) electrons. The van der Waals surface area contributed by atoms with Crippen LogP contribution < -0.4 is 10.9 Å². The van der Waals surface area contributed by atoms with Crippen LogP contribution in [0.3, 0.4) is 0 Å². The number of hydrogen-bond acceptors (Lipinski definition) is 7. The van der Waals surface area contributed by atoms with E-state index < -0.39 is 0 Å². The molecule has 3 aromatic heterocycles. The van der Waals surface area contributed by atoms with Crippen molar-refractivity contribution < 1.29 is 0 Å². The highest BCUT2D eigenvalue weighted by atomic mass is 16.1. The summed E-state index contributed by atoms with van der Waals surface area (Å²) >= 11 is 0. The first-order valence-electron chi connectivity index (χ1n) is 5.93. The first-order chi connectivity index (χ1) is 9.69. The lowest BCUT2D eigenvalue weighted by molar-refractivity contribution is 0.586. The van der Waals surface area contributed by atoms with Crippen molar-refractivity contribution in [3.63, 3.8) is 0 Å². The van der Waals surface area contributed by atoms with E-state index in [9.17, 15) is 4.79 Å². The lowest BCUT2D eigenvalue weighted by Gasteiger charge is -2.03. The molecule has 9 nitrogen and oxygen atoms in total. The molecule has 0 fully saturated rings. The van der Waals surface area contributed by atoms with Crippen LogP contribution in [0.5, 0.6) is 0 Å². The van der Waals surface area contributed by atoms with Crippen LogP contribution in [0.2, 0.25) is 0 Å². The zero-order valence-corrected chi connectivity index (χ0v) is 11.0. The Morgan fingerprint density at radius 1 is 1.25 bits per heavy atom. The van der Waals surface area contributed by atoms with E-state index in [1.807, 2.05) is 0 Å². The molecule has 0 aliphatic carbocycles. The lowest BCUT2D eigenvalue weighted by Crippen LogP contribution is -2.25. The Bertz CT molecular complexity index is 803. The molecule has 0 saturated carbocycles. The lowest BCUT2D eigenvalue weighted by atomic mass is 10.4. The number of fused-ring (bicyclic) bond motifs is 1. The molecule has 0 bridgehead atoms. The van der Waals surface area contributed by atoms with Gasteiger partial charge in [-0.15, -0.1) is 5.10 Å². The van der Waals surface area contributed by atoms with E-state index in [0.717, 1.165) is 0 Å². The van der Waals surface area contributed by atoms with Crippen LogP contribution in [0.25, 0.3) is 11.0 Å². The van der Waals surface area contributed by atoms with Crippen molar-refractivity contribution in [2.75, 3.05) is 12.4 Å². The van der Waals surface area contributed by atoms with Gasteiger partial charge in [0.1, 0.15) is 11.2 Å². The van der Waals surface area contributed by atoms with Gasteiger partial charge in [0.25, 0.3) is 5.56 Å². The van der Waals surface area contributed by atoms with Crippen molar-refractivity contribution in [1.82, 2.24) is 34.7 Å². The molecule has 20 heavy (non-hydrogen) atoms. The maximum atomic E-state index is 12.2. The Morgan fingerprint density at radius 3 is 2.80 bits per heavy atom. The van der Waals surface area contributed by atoms with Crippen molar-refractivity contribution in [1.29, 1.82) is 0 Å². The van der Waals surface area contributed by atoms with Crippen LogP contribution in [0, 0.1) is 0 Å². The summed E-state index contributed by atoms with van der Waals surface area (Å²) in [5, 5.41) is 15.2. The smallest absolute Gasteiger partial charge is 0.281 e. The zero-order valence-electron chi connectivity index (χ0n) is 11.0. The third kappa shape index (κ3) is 1.98. The van der Waals surface area contributed by atoms with Gasteiger partial charge in [-0.05, 0) is 0 Å². The predicted molar refractivity (Wildman–Crippen MR) is 71.2 cm³/mol. The minimum atomic E-state index is -0.248. The van der Waals surface area contributed by atoms with Gasteiger partial charge in [-0.25, -0.2) is 14.3 Å². The van der Waals surface area contributed by atoms with E-state index >= 15 is 0 Å². The third-order valence-corrected chi connectivity index (χ3v) is 2.89. The minimum absolute atomic E-state index is 0.216. The van der Waals surface area contributed by atoms with Crippen LogP contribution in [-0.4, -0.2) is 41.8 Å². The molecule has 0 saturated heterocycles. The van der Waals surface area contributed by atoms with Gasteiger partial charge >= 0.3 is 0 Å². The molecule has 0 spiro atoms. The average Bonchev–Trinajstić information content (AvgIpc) is 2.85. The predicted octanol–water partition coefficient (Wildman–Crippen LogP) is -0.595. The summed E-state index contributed by atoms with van der Waals surface area (Å²) in [7, 11) is 3.47. The number of aryl methyl sites for hydroxylation is 1. The molecule has 0 unspecified atom stereocenters. The minimum Gasteiger partial charge on any atom is -0.372 e. The topological polar surface area (TPSA) is 103 Å². The first-order valence-corrected chi connectivity index (χ1v) is 5.93. The van der Waals surface area contributed by atoms with Gasteiger partial charge in [-0.2, -0.15) is 5.10 Å². The summed E-state index contributed by atoms with van der Waals surface area (Å²) in [5.74, 6) is 0.662. The Balaban J connectivity index is 1.97. The fourth-order valence-electron chi connectivity index (χ4n) is 1.80. The molecule has 0 aliphatic rings. The Morgan fingerprint density at radius 2 is 2.10 bits per heavy atom. The van der Waals surface area contributed by atoms with Gasteiger partial charge in [-0.3, -0.25) is 9.78 Å². The highest BCUT2D eigenvalue weighted by Gasteiger charge is 2.10. The van der Waals surface area contributed by atoms with Crippen molar-refractivity contribution in [2.24, 2.45) is 7.05 Å². The van der Waals surface area contributed by atoms with Crippen LogP contribution in [-0.2, 0) is 13.6 Å². The molecule has 0 amide bonds. The van der Waals surface area contributed by atoms with E-state index in [2.05, 4.69) is 30.7 Å². The second kappa shape index (κ2) is 4.68. The maximum absolute atomic E-state index is 12.2. The Labute approximate surface area is 113 Å². The van der Waals surface area contributed by atoms with Crippen molar-refractivity contribution in [2.45, 2.75) is 6.54 Å². The molecular weight excluding hydrogens is 260 g/mol. The standard InChI is InChI=1S/C11H12N8O/c1-12-9-5-13-7(3-14-9)6-19-11(20)8-4-15-18(2)10(8)16-17-19/h3-5H,6H2,1-2H3,(H,12,14). The monoisotopic (exact) mass is 272 g/mol. The van der Waals surface area contributed by atoms with E-state index in [1.165, 1.54) is 15.6 Å². The molecule has 0 aromatic carbocycles. The fraction of sp³-hybridized carbons (Fsp3) is 0.273. The summed E-state index contributed by atoms with van der Waals surface area (Å²) in [6.45, 7) is 0.216. The second-order valence-electron chi connectivity index (χ2n) is 4.20. The Kier molecular flexibility index (Phi) is 2.86. The van der Waals surface area contributed by atoms with Crippen molar-refractivity contribution in [3.05, 3.63) is 34.6 Å². The van der Waals surface area contributed by atoms with Crippen LogP contribution in [0.15, 0.2) is 23.4 Å². The summed E-state index contributed by atoms with van der Waals surface area (Å²) in [6.07, 6.45) is 4.67. The molecule has 0 aliphatic heterocycles. The summed E-state index contributed by atoms with van der Waals surface area (Å²) in [6, 6.07) is 0. The number of anilines is 1. The summed E-state index contributed by atoms with van der Waals surface area (Å²) in [4.78, 5) is 20.5. The number of aromatic nitrogens is 7. The number of hydrogen-bond donors (Lipinski definition) is 1. The van der Waals surface area contributed by atoms with Gasteiger partial charge in [0.2, 0.25) is 0 Å². The number of nitrogens with zero attached hydrogens (tertiary/aromatic N) is 7. The van der Waals surface area contributed by atoms with Gasteiger partial charge in [0.15, 0.2) is 5.65 Å². The van der Waals surface area contributed by atoms with Crippen LogP contribution in [0.1, 0.15) is 5.69 Å². The highest BCUT2D eigenvalue weighted by molar-refractivity contribution is 5.72. The zero-order chi connectivity index (χ0) is 14.1. The van der Waals surface area contributed by atoms with E-state index in [1.54, 1.807) is 26.5 Å². The molecule has 9 heteroatoms. The van der Waals surface area contributed by atoms with Crippen LogP contribution >= 0.6 is 0 Å². The molecule has 3 rings (SSSR count). The molecular formula is C11H12N8O. The van der Waals surface area contributed by atoms with Gasteiger partial charge in [0, 0.05) is 14.1 Å². The van der Waals surface area contributed by atoms with Gasteiger partial charge in [0.05, 0.1) is 30.8 Å². The largest absolute Gasteiger partial charge is 0.372 e. The van der Waals surface area contributed by atoms with Gasteiger partial charge < -0.3 is 5.32 Å². The average molecular weight is 272 g/mol. The second-order valence-corrected chi connectivity index (χ2v) is 4.20.